The van der Waals surface area contributed by atoms with Crippen LogP contribution >= 0.6 is 0 Å². The molecule has 0 atom stereocenters. The topological polar surface area (TPSA) is 32.8 Å². The van der Waals surface area contributed by atoms with Crippen LogP contribution in [0.1, 0.15) is 16.7 Å². The Morgan fingerprint density at radius 1 is 0.960 bits per heavy atom. The van der Waals surface area contributed by atoms with E-state index in [4.69, 9.17) is 4.74 Å². The van der Waals surface area contributed by atoms with Gasteiger partial charge in [-0.15, -0.1) is 0 Å². The summed E-state index contributed by atoms with van der Waals surface area (Å²) in [5, 5.41) is 0. The predicted molar refractivity (Wildman–Crippen MR) is 101 cm³/mol. The van der Waals surface area contributed by atoms with Gasteiger partial charge in [0, 0.05) is 31.9 Å². The Balaban J connectivity index is 1.53. The Kier molecular flexibility index (Phi) is 5.27. The maximum atomic E-state index is 12.5. The lowest BCUT2D eigenvalue weighted by Crippen LogP contribution is -2.50. The van der Waals surface area contributed by atoms with E-state index in [0.29, 0.717) is 0 Å². The van der Waals surface area contributed by atoms with Crippen LogP contribution in [0.5, 0.6) is 5.75 Å². The molecule has 25 heavy (non-hydrogen) atoms. The third-order valence-corrected chi connectivity index (χ3v) is 4.75. The van der Waals surface area contributed by atoms with Crippen LogP contribution in [-0.4, -0.2) is 43.6 Å². The van der Waals surface area contributed by atoms with Crippen molar-refractivity contribution in [1.82, 2.24) is 4.90 Å². The molecule has 1 heterocycles. The van der Waals surface area contributed by atoms with Gasteiger partial charge in [-0.1, -0.05) is 30.3 Å². The molecule has 1 amide bonds. The highest BCUT2D eigenvalue weighted by atomic mass is 16.5. The number of carbonyl (C=O) groups excluding carboxylic acids is 1. The van der Waals surface area contributed by atoms with Crippen molar-refractivity contribution in [1.29, 1.82) is 0 Å². The highest BCUT2D eigenvalue weighted by Crippen LogP contribution is 2.22. The zero-order chi connectivity index (χ0) is 17.8. The molecule has 1 aliphatic rings. The molecule has 1 fully saturated rings. The van der Waals surface area contributed by atoms with E-state index < -0.39 is 0 Å². The Labute approximate surface area is 150 Å². The van der Waals surface area contributed by atoms with E-state index in [-0.39, 0.29) is 12.5 Å². The average molecular weight is 338 g/mol. The highest BCUT2D eigenvalue weighted by Gasteiger charge is 2.22. The normalized spacial score (nSPS) is 14.5. The minimum Gasteiger partial charge on any atom is -0.483 e. The van der Waals surface area contributed by atoms with Crippen LogP contribution in [0, 0.1) is 20.8 Å². The van der Waals surface area contributed by atoms with Gasteiger partial charge in [-0.05, 0) is 49.6 Å². The van der Waals surface area contributed by atoms with Crippen molar-refractivity contribution in [2.45, 2.75) is 20.8 Å². The smallest absolute Gasteiger partial charge is 0.260 e. The largest absolute Gasteiger partial charge is 0.483 e. The van der Waals surface area contributed by atoms with Crippen LogP contribution in [0.25, 0.3) is 0 Å². The molecule has 2 aromatic carbocycles. The third-order valence-electron chi connectivity index (χ3n) is 4.75. The monoisotopic (exact) mass is 338 g/mol. The molecule has 4 heteroatoms. The molecule has 1 aliphatic heterocycles. The Morgan fingerprint density at radius 2 is 1.60 bits per heavy atom. The van der Waals surface area contributed by atoms with E-state index in [0.717, 1.165) is 43.1 Å². The van der Waals surface area contributed by atoms with Gasteiger partial charge in [0.1, 0.15) is 5.75 Å². The molecule has 132 valence electrons. The van der Waals surface area contributed by atoms with Crippen LogP contribution in [0.4, 0.5) is 5.69 Å². The number of anilines is 1. The van der Waals surface area contributed by atoms with Crippen molar-refractivity contribution < 1.29 is 9.53 Å². The summed E-state index contributed by atoms with van der Waals surface area (Å²) in [5.41, 5.74) is 4.63. The van der Waals surface area contributed by atoms with Gasteiger partial charge in [-0.25, -0.2) is 0 Å². The first-order chi connectivity index (χ1) is 12.0. The predicted octanol–water partition coefficient (Wildman–Crippen LogP) is 3.34. The molecule has 3 rings (SSSR count). The number of aryl methyl sites for hydroxylation is 3. The molecular weight excluding hydrogens is 312 g/mol. The van der Waals surface area contributed by atoms with E-state index >= 15 is 0 Å². The fraction of sp³-hybridized carbons (Fsp3) is 0.381. The molecule has 0 saturated carbocycles. The van der Waals surface area contributed by atoms with E-state index in [2.05, 4.69) is 36.1 Å². The summed E-state index contributed by atoms with van der Waals surface area (Å²) in [6.45, 7) is 9.42. The number of carbonyl (C=O) groups is 1. The average Bonchev–Trinajstić information content (AvgIpc) is 2.61. The van der Waals surface area contributed by atoms with Crippen molar-refractivity contribution in [3.63, 3.8) is 0 Å². The number of nitrogens with zero attached hydrogens (tertiary/aromatic N) is 2. The second-order valence-electron chi connectivity index (χ2n) is 6.72. The molecule has 0 aliphatic carbocycles. The zero-order valence-electron chi connectivity index (χ0n) is 15.3. The Morgan fingerprint density at radius 3 is 2.24 bits per heavy atom. The number of rotatable bonds is 4. The molecule has 0 bridgehead atoms. The van der Waals surface area contributed by atoms with Crippen molar-refractivity contribution in [2.24, 2.45) is 0 Å². The number of hydrogen-bond acceptors (Lipinski definition) is 3. The van der Waals surface area contributed by atoms with E-state index in [9.17, 15) is 4.79 Å². The summed E-state index contributed by atoms with van der Waals surface area (Å²) in [6, 6.07) is 14.5. The van der Waals surface area contributed by atoms with Gasteiger partial charge in [0.2, 0.25) is 0 Å². The second-order valence-corrected chi connectivity index (χ2v) is 6.72. The zero-order valence-corrected chi connectivity index (χ0v) is 15.3. The molecule has 0 aromatic heterocycles. The lowest BCUT2D eigenvalue weighted by Gasteiger charge is -2.36. The van der Waals surface area contributed by atoms with Gasteiger partial charge in [-0.3, -0.25) is 4.79 Å². The summed E-state index contributed by atoms with van der Waals surface area (Å²) in [6.07, 6.45) is 0. The van der Waals surface area contributed by atoms with Gasteiger partial charge in [0.15, 0.2) is 6.61 Å². The van der Waals surface area contributed by atoms with Crippen LogP contribution < -0.4 is 9.64 Å². The van der Waals surface area contributed by atoms with Gasteiger partial charge in [-0.2, -0.15) is 0 Å². The molecule has 2 aromatic rings. The van der Waals surface area contributed by atoms with Gasteiger partial charge in [0.25, 0.3) is 5.91 Å². The maximum Gasteiger partial charge on any atom is 0.260 e. The number of ether oxygens (including phenoxy) is 1. The highest BCUT2D eigenvalue weighted by molar-refractivity contribution is 5.78. The lowest BCUT2D eigenvalue weighted by atomic mass is 10.1. The first-order valence-corrected chi connectivity index (χ1v) is 8.83. The summed E-state index contributed by atoms with van der Waals surface area (Å²) < 4.78 is 5.80. The van der Waals surface area contributed by atoms with E-state index in [1.165, 1.54) is 11.3 Å². The molecule has 0 N–H and O–H groups in total. The number of para-hydroxylation sites is 1. The van der Waals surface area contributed by atoms with Crippen LogP contribution in [0.15, 0.2) is 42.5 Å². The van der Waals surface area contributed by atoms with Crippen LogP contribution in [0.2, 0.25) is 0 Å². The Bertz CT molecular complexity index is 729. The van der Waals surface area contributed by atoms with Crippen LogP contribution in [-0.2, 0) is 4.79 Å². The Hall–Kier alpha value is -2.49. The van der Waals surface area contributed by atoms with Crippen molar-refractivity contribution in [2.75, 3.05) is 37.7 Å². The fourth-order valence-electron chi connectivity index (χ4n) is 3.29. The quantitative estimate of drug-likeness (QED) is 0.857. The van der Waals surface area contributed by atoms with Gasteiger partial charge in [0.05, 0.1) is 0 Å². The van der Waals surface area contributed by atoms with Crippen LogP contribution in [0.3, 0.4) is 0 Å². The minimum absolute atomic E-state index is 0.0616. The molecule has 1 saturated heterocycles. The van der Waals surface area contributed by atoms with Crippen molar-refractivity contribution in [3.8, 4) is 5.75 Å². The summed E-state index contributed by atoms with van der Waals surface area (Å²) >= 11 is 0. The number of amides is 1. The first-order valence-electron chi connectivity index (χ1n) is 8.83. The molecule has 0 spiro atoms. The molecule has 0 unspecified atom stereocenters. The third kappa shape index (κ3) is 4.13. The van der Waals surface area contributed by atoms with E-state index in [1.807, 2.05) is 36.9 Å². The summed E-state index contributed by atoms with van der Waals surface area (Å²) in [7, 11) is 0. The first kappa shape index (κ1) is 17.3. The standard InChI is InChI=1S/C21H26N2O2/c1-16-6-4-9-19(14-16)22-10-12-23(13-11-22)20(24)15-25-21-17(2)7-5-8-18(21)3/h4-9,14H,10-13,15H2,1-3H3. The molecule has 4 nitrogen and oxygen atoms in total. The van der Waals surface area contributed by atoms with Gasteiger partial charge < -0.3 is 14.5 Å². The minimum atomic E-state index is 0.0616. The number of benzene rings is 2. The summed E-state index contributed by atoms with van der Waals surface area (Å²) in [4.78, 5) is 16.7. The lowest BCUT2D eigenvalue weighted by molar-refractivity contribution is -0.133. The van der Waals surface area contributed by atoms with Gasteiger partial charge >= 0.3 is 0 Å². The van der Waals surface area contributed by atoms with Crippen molar-refractivity contribution in [3.05, 3.63) is 59.2 Å². The SMILES string of the molecule is Cc1cccc(N2CCN(C(=O)COc3c(C)cccc3C)CC2)c1. The molecule has 0 radical (unpaired) electrons. The molecular formula is C21H26N2O2. The number of hydrogen-bond donors (Lipinski definition) is 0. The van der Waals surface area contributed by atoms with E-state index in [1.54, 1.807) is 0 Å². The summed E-state index contributed by atoms with van der Waals surface area (Å²) in [5.74, 6) is 0.890. The second kappa shape index (κ2) is 7.60. The van der Waals surface area contributed by atoms with Crippen molar-refractivity contribution >= 4 is 11.6 Å². The fourth-order valence-corrected chi connectivity index (χ4v) is 3.29. The maximum absolute atomic E-state index is 12.5. The number of piperazine rings is 1.